The highest BCUT2D eigenvalue weighted by Gasteiger charge is 2.15. The largest absolute Gasteiger partial charge is 0.399 e. The number of terminal acetylenes is 1. The van der Waals surface area contributed by atoms with Gasteiger partial charge in [-0.2, -0.15) is 4.72 Å². The monoisotopic (exact) mass is 224 g/mol. The van der Waals surface area contributed by atoms with E-state index in [2.05, 4.69) is 10.6 Å². The van der Waals surface area contributed by atoms with Crippen LogP contribution in [0.3, 0.4) is 0 Å². The number of hydrogen-bond acceptors (Lipinski definition) is 3. The number of nitrogens with one attached hydrogen (secondary N) is 1. The Morgan fingerprint density at radius 2 is 2.20 bits per heavy atom. The fraction of sp³-hybridized carbons (Fsp3) is 0.200. The molecule has 0 aliphatic heterocycles. The second-order valence-corrected chi connectivity index (χ2v) is 4.80. The van der Waals surface area contributed by atoms with Crippen molar-refractivity contribution in [3.63, 3.8) is 0 Å². The Morgan fingerprint density at radius 3 is 2.73 bits per heavy atom. The minimum absolute atomic E-state index is 0.115. The van der Waals surface area contributed by atoms with Crippen LogP contribution in [0.5, 0.6) is 0 Å². The molecule has 3 N–H and O–H groups in total. The van der Waals surface area contributed by atoms with Crippen LogP contribution >= 0.6 is 0 Å². The van der Waals surface area contributed by atoms with Crippen molar-refractivity contribution in [3.05, 3.63) is 24.3 Å². The Bertz CT molecular complexity index is 488. The van der Waals surface area contributed by atoms with Gasteiger partial charge in [0.2, 0.25) is 10.0 Å². The average molecular weight is 224 g/mol. The highest BCUT2D eigenvalue weighted by molar-refractivity contribution is 7.89. The van der Waals surface area contributed by atoms with Crippen LogP contribution in [-0.2, 0) is 10.0 Å². The molecular weight excluding hydrogens is 212 g/mol. The highest BCUT2D eigenvalue weighted by atomic mass is 32.2. The molecule has 0 fully saturated rings. The van der Waals surface area contributed by atoms with Gasteiger partial charge in [-0.25, -0.2) is 8.42 Å². The van der Waals surface area contributed by atoms with Crippen LogP contribution in [0.1, 0.15) is 6.92 Å². The Labute approximate surface area is 89.5 Å². The maximum atomic E-state index is 11.7. The number of nitrogens with two attached hydrogens (primary N) is 1. The van der Waals surface area contributed by atoms with E-state index in [-0.39, 0.29) is 4.90 Å². The molecule has 1 aromatic carbocycles. The summed E-state index contributed by atoms with van der Waals surface area (Å²) in [5.41, 5.74) is 5.88. The fourth-order valence-electron chi connectivity index (χ4n) is 1.02. The van der Waals surface area contributed by atoms with Crippen molar-refractivity contribution in [3.8, 4) is 12.3 Å². The van der Waals surface area contributed by atoms with Gasteiger partial charge in [-0.05, 0) is 25.1 Å². The van der Waals surface area contributed by atoms with Gasteiger partial charge in [0.1, 0.15) is 0 Å². The maximum absolute atomic E-state index is 11.7. The molecule has 0 heterocycles. The molecule has 0 aliphatic carbocycles. The summed E-state index contributed by atoms with van der Waals surface area (Å²) in [6.07, 6.45) is 5.09. The fourth-order valence-corrected chi connectivity index (χ4v) is 2.24. The van der Waals surface area contributed by atoms with Gasteiger partial charge in [0.15, 0.2) is 0 Å². The van der Waals surface area contributed by atoms with Crippen molar-refractivity contribution in [1.29, 1.82) is 0 Å². The lowest BCUT2D eigenvalue weighted by Gasteiger charge is -2.09. The van der Waals surface area contributed by atoms with Crippen molar-refractivity contribution in [2.75, 3.05) is 5.73 Å². The van der Waals surface area contributed by atoms with Gasteiger partial charge in [-0.15, -0.1) is 6.42 Å². The van der Waals surface area contributed by atoms with Gasteiger partial charge < -0.3 is 5.73 Å². The lowest BCUT2D eigenvalue weighted by molar-refractivity contribution is 0.577. The lowest BCUT2D eigenvalue weighted by Crippen LogP contribution is -2.31. The third kappa shape index (κ3) is 2.98. The van der Waals surface area contributed by atoms with Crippen LogP contribution in [0.15, 0.2) is 29.2 Å². The van der Waals surface area contributed by atoms with E-state index in [1.54, 1.807) is 19.1 Å². The van der Waals surface area contributed by atoms with E-state index in [0.717, 1.165) is 0 Å². The van der Waals surface area contributed by atoms with Gasteiger partial charge in [-0.3, -0.25) is 0 Å². The summed E-state index contributed by atoms with van der Waals surface area (Å²) in [7, 11) is -3.57. The molecule has 0 aromatic heterocycles. The van der Waals surface area contributed by atoms with Gasteiger partial charge in [-0.1, -0.05) is 12.0 Å². The zero-order valence-corrected chi connectivity index (χ0v) is 9.08. The Morgan fingerprint density at radius 1 is 1.53 bits per heavy atom. The highest BCUT2D eigenvalue weighted by Crippen LogP contribution is 2.12. The number of rotatable bonds is 3. The molecule has 15 heavy (non-hydrogen) atoms. The van der Waals surface area contributed by atoms with Gasteiger partial charge >= 0.3 is 0 Å². The van der Waals surface area contributed by atoms with Crippen LogP contribution in [0, 0.1) is 12.3 Å². The van der Waals surface area contributed by atoms with E-state index < -0.39 is 16.1 Å². The van der Waals surface area contributed by atoms with Crippen molar-refractivity contribution >= 4 is 15.7 Å². The summed E-state index contributed by atoms with van der Waals surface area (Å²) in [5, 5.41) is 0. The third-order valence-corrected chi connectivity index (χ3v) is 3.29. The van der Waals surface area contributed by atoms with Crippen LogP contribution in [0.2, 0.25) is 0 Å². The smallest absolute Gasteiger partial charge is 0.241 e. The first-order chi connectivity index (χ1) is 6.95. The molecule has 0 saturated heterocycles. The van der Waals surface area contributed by atoms with Crippen molar-refractivity contribution in [1.82, 2.24) is 4.72 Å². The van der Waals surface area contributed by atoms with Gasteiger partial charge in [0.25, 0.3) is 0 Å². The molecule has 4 nitrogen and oxygen atoms in total. The number of sulfonamides is 1. The number of nitrogen functional groups attached to an aromatic ring is 1. The summed E-state index contributed by atoms with van der Waals surface area (Å²) >= 11 is 0. The van der Waals surface area contributed by atoms with Crippen LogP contribution in [-0.4, -0.2) is 14.5 Å². The van der Waals surface area contributed by atoms with Crippen LogP contribution in [0.25, 0.3) is 0 Å². The third-order valence-electron chi connectivity index (χ3n) is 1.75. The van der Waals surface area contributed by atoms with Crippen molar-refractivity contribution in [2.45, 2.75) is 17.9 Å². The van der Waals surface area contributed by atoms with Gasteiger partial charge in [0.05, 0.1) is 10.9 Å². The first-order valence-corrected chi connectivity index (χ1v) is 5.78. The second kappa shape index (κ2) is 4.34. The van der Waals surface area contributed by atoms with Crippen LogP contribution in [0.4, 0.5) is 5.69 Å². The van der Waals surface area contributed by atoms with Crippen LogP contribution < -0.4 is 10.5 Å². The van der Waals surface area contributed by atoms with Crippen molar-refractivity contribution in [2.24, 2.45) is 0 Å². The zero-order valence-electron chi connectivity index (χ0n) is 8.27. The predicted octanol–water partition coefficient (Wildman–Crippen LogP) is 0.569. The van der Waals surface area contributed by atoms with E-state index in [1.165, 1.54) is 12.1 Å². The number of hydrogen-bond donors (Lipinski definition) is 2. The lowest BCUT2D eigenvalue weighted by atomic mass is 10.3. The molecular formula is C10H12N2O2S. The Kier molecular flexibility index (Phi) is 3.35. The molecule has 1 aromatic rings. The summed E-state index contributed by atoms with van der Waals surface area (Å²) < 4.78 is 25.7. The molecule has 0 aliphatic rings. The molecule has 0 amide bonds. The van der Waals surface area contributed by atoms with E-state index in [4.69, 9.17) is 12.2 Å². The summed E-state index contributed by atoms with van der Waals surface area (Å²) in [6, 6.07) is 5.48. The second-order valence-electron chi connectivity index (χ2n) is 3.08. The molecule has 80 valence electrons. The van der Waals surface area contributed by atoms with E-state index in [9.17, 15) is 8.42 Å². The minimum atomic E-state index is -3.57. The quantitative estimate of drug-likeness (QED) is 0.582. The minimum Gasteiger partial charge on any atom is -0.399 e. The Hall–Kier alpha value is -1.51. The van der Waals surface area contributed by atoms with E-state index in [1.807, 2.05) is 0 Å². The predicted molar refractivity (Wildman–Crippen MR) is 59.5 cm³/mol. The molecule has 1 atom stereocenters. The standard InChI is InChI=1S/C10H12N2O2S/c1-3-8(2)12-15(13,14)10-6-4-5-9(11)7-10/h1,4-8,12H,11H2,2H3. The average Bonchev–Trinajstić information content (AvgIpc) is 2.17. The number of benzene rings is 1. The molecule has 0 radical (unpaired) electrons. The zero-order chi connectivity index (χ0) is 11.5. The van der Waals surface area contributed by atoms with Gasteiger partial charge in [0, 0.05) is 5.69 Å². The first kappa shape index (κ1) is 11.6. The molecule has 0 saturated carbocycles. The molecule has 5 heteroatoms. The molecule has 1 rings (SSSR count). The summed E-state index contributed by atoms with van der Waals surface area (Å²) in [5.74, 6) is 2.28. The summed E-state index contributed by atoms with van der Waals surface area (Å²) in [4.78, 5) is 0.115. The molecule has 0 spiro atoms. The Balaban J connectivity index is 3.03. The number of anilines is 1. The first-order valence-electron chi connectivity index (χ1n) is 4.29. The van der Waals surface area contributed by atoms with E-state index >= 15 is 0 Å². The molecule has 1 unspecified atom stereocenters. The maximum Gasteiger partial charge on any atom is 0.241 e. The van der Waals surface area contributed by atoms with Crippen molar-refractivity contribution < 1.29 is 8.42 Å². The molecule has 0 bridgehead atoms. The topological polar surface area (TPSA) is 72.2 Å². The summed E-state index contributed by atoms with van der Waals surface area (Å²) in [6.45, 7) is 1.59. The SMILES string of the molecule is C#CC(C)NS(=O)(=O)c1cccc(N)c1. The normalized spacial score (nSPS) is 13.1. The van der Waals surface area contributed by atoms with E-state index in [0.29, 0.717) is 5.69 Å².